The van der Waals surface area contributed by atoms with E-state index in [0.29, 0.717) is 6.08 Å². The molecule has 0 saturated heterocycles. The minimum atomic E-state index is -5.05. The second-order valence-electron chi connectivity index (χ2n) is 2.83. The van der Waals surface area contributed by atoms with E-state index in [9.17, 15) is 17.7 Å². The molecule has 0 amide bonds. The van der Waals surface area contributed by atoms with Crippen molar-refractivity contribution in [1.29, 1.82) is 0 Å². The Bertz CT molecular complexity index is 425. The maximum Gasteiger partial charge on any atom is 0.315 e. The van der Waals surface area contributed by atoms with Gasteiger partial charge < -0.3 is 5.11 Å². The van der Waals surface area contributed by atoms with Crippen molar-refractivity contribution in [2.45, 2.75) is 4.93 Å². The van der Waals surface area contributed by atoms with Crippen LogP contribution in [0.15, 0.2) is 24.3 Å². The van der Waals surface area contributed by atoms with E-state index in [0.717, 1.165) is 12.2 Å². The summed E-state index contributed by atoms with van der Waals surface area (Å²) in [6.45, 7) is 0. The van der Waals surface area contributed by atoms with E-state index in [2.05, 4.69) is 4.94 Å². The second-order valence-corrected chi connectivity index (χ2v) is 4.42. The maximum absolute atomic E-state index is 12.3. The van der Waals surface area contributed by atoms with Crippen molar-refractivity contribution in [2.75, 3.05) is 0 Å². The molecule has 0 aromatic carbocycles. The van der Waals surface area contributed by atoms with Gasteiger partial charge in [0.05, 0.1) is 0 Å². The first-order chi connectivity index (χ1) is 6.85. The molecule has 1 aliphatic rings. The first-order valence-electron chi connectivity index (χ1n) is 3.71. The molecular formula is C7H7FO6S. The summed E-state index contributed by atoms with van der Waals surface area (Å²) >= 11 is 0. The van der Waals surface area contributed by atoms with Crippen LogP contribution < -0.4 is 0 Å². The van der Waals surface area contributed by atoms with Crippen molar-refractivity contribution in [1.82, 2.24) is 0 Å². The van der Waals surface area contributed by atoms with Gasteiger partial charge in [-0.1, -0.05) is 18.2 Å². The molecule has 0 spiro atoms. The zero-order valence-corrected chi connectivity index (χ0v) is 8.02. The van der Waals surface area contributed by atoms with Crippen LogP contribution in [0.3, 0.4) is 0 Å². The topological polar surface area (TPSA) is 101 Å². The number of allylic oxidation sites excluding steroid dienone is 2. The zero-order valence-electron chi connectivity index (χ0n) is 7.20. The van der Waals surface area contributed by atoms with Gasteiger partial charge in [-0.05, 0) is 10.6 Å². The molecule has 2 atom stereocenters. The molecule has 2 N–H and O–H groups in total. The van der Waals surface area contributed by atoms with E-state index in [4.69, 9.17) is 9.66 Å². The van der Waals surface area contributed by atoms with Crippen molar-refractivity contribution < 1.29 is 32.3 Å². The van der Waals surface area contributed by atoms with Crippen LogP contribution in [0.25, 0.3) is 0 Å². The van der Waals surface area contributed by atoms with Gasteiger partial charge in [-0.25, -0.2) is 0 Å². The Hall–Kier alpha value is -1.25. The predicted molar refractivity (Wildman–Crippen MR) is 45.9 cm³/mol. The molecule has 0 bridgehead atoms. The van der Waals surface area contributed by atoms with Crippen LogP contribution in [-0.4, -0.2) is 29.0 Å². The highest BCUT2D eigenvalue weighted by atomic mass is 32.2. The van der Waals surface area contributed by atoms with Gasteiger partial charge >= 0.3 is 16.1 Å². The monoisotopic (exact) mass is 238 g/mol. The summed E-state index contributed by atoms with van der Waals surface area (Å²) in [6.07, 6.45) is 3.80. The highest BCUT2D eigenvalue weighted by Gasteiger charge is 2.54. The van der Waals surface area contributed by atoms with Crippen LogP contribution >= 0.6 is 0 Å². The summed E-state index contributed by atoms with van der Waals surface area (Å²) in [5.74, 6) is -3.48. The van der Waals surface area contributed by atoms with Crippen molar-refractivity contribution in [3.63, 3.8) is 0 Å². The number of hydrogen-bond acceptors (Lipinski definition) is 4. The third kappa shape index (κ3) is 1.78. The average molecular weight is 238 g/mol. The molecular weight excluding hydrogens is 231 g/mol. The SMILES string of the molecule is O=C(O)C1C=CC=CC1(OF)S(=O)(=O)O. The molecule has 15 heavy (non-hydrogen) atoms. The van der Waals surface area contributed by atoms with Crippen molar-refractivity contribution >= 4 is 16.1 Å². The number of halogens is 1. The normalized spacial score (nSPS) is 30.4. The van der Waals surface area contributed by atoms with Crippen LogP contribution in [0.1, 0.15) is 0 Å². The van der Waals surface area contributed by atoms with Gasteiger partial charge in [0.15, 0.2) is 0 Å². The highest BCUT2D eigenvalue weighted by Crippen LogP contribution is 2.34. The summed E-state index contributed by atoms with van der Waals surface area (Å²) in [6, 6.07) is 0. The van der Waals surface area contributed by atoms with Gasteiger partial charge in [0.1, 0.15) is 5.92 Å². The lowest BCUT2D eigenvalue weighted by molar-refractivity contribution is -0.201. The van der Waals surface area contributed by atoms with Crippen LogP contribution in [0.4, 0.5) is 4.53 Å². The smallest absolute Gasteiger partial charge is 0.315 e. The number of carboxylic acid groups (broad SMARTS) is 1. The summed E-state index contributed by atoms with van der Waals surface area (Å²) in [5.41, 5.74) is 0. The van der Waals surface area contributed by atoms with Crippen molar-refractivity contribution in [3.05, 3.63) is 24.3 Å². The van der Waals surface area contributed by atoms with Crippen molar-refractivity contribution in [2.24, 2.45) is 5.92 Å². The van der Waals surface area contributed by atoms with Crippen LogP contribution in [0, 0.1) is 5.92 Å². The molecule has 1 rings (SSSR count). The van der Waals surface area contributed by atoms with E-state index in [1.807, 2.05) is 0 Å². The van der Waals surface area contributed by atoms with Crippen LogP contribution in [0.2, 0.25) is 0 Å². The fourth-order valence-corrected chi connectivity index (χ4v) is 2.05. The van der Waals surface area contributed by atoms with Gasteiger partial charge in [-0.3, -0.25) is 9.35 Å². The number of carbonyl (C=O) groups is 1. The van der Waals surface area contributed by atoms with E-state index >= 15 is 0 Å². The Labute approximate surface area is 84.3 Å². The number of hydrogen-bond donors (Lipinski definition) is 2. The van der Waals surface area contributed by atoms with Crippen LogP contribution in [-0.2, 0) is 19.9 Å². The molecule has 6 nitrogen and oxygen atoms in total. The van der Waals surface area contributed by atoms with E-state index < -0.39 is 26.9 Å². The average Bonchev–Trinajstić information content (AvgIpc) is 2.15. The quantitative estimate of drug-likeness (QED) is 0.685. The molecule has 0 aromatic heterocycles. The molecule has 84 valence electrons. The third-order valence-electron chi connectivity index (χ3n) is 1.97. The van der Waals surface area contributed by atoms with Gasteiger partial charge in [-0.15, -0.1) is 0 Å². The molecule has 0 saturated carbocycles. The number of carboxylic acids is 1. The minimum absolute atomic E-state index is 0.626. The summed E-state index contributed by atoms with van der Waals surface area (Å²) in [5, 5.41) is 8.66. The predicted octanol–water partition coefficient (Wildman–Crippen LogP) is 0.298. The van der Waals surface area contributed by atoms with Gasteiger partial charge in [-0.2, -0.15) is 13.4 Å². The molecule has 2 unspecified atom stereocenters. The molecule has 0 heterocycles. The molecule has 0 aliphatic heterocycles. The lowest BCUT2D eigenvalue weighted by atomic mass is 9.97. The fraction of sp³-hybridized carbons (Fsp3) is 0.286. The molecule has 0 aromatic rings. The Morgan fingerprint density at radius 3 is 2.40 bits per heavy atom. The maximum atomic E-state index is 12.3. The number of aliphatic carboxylic acids is 1. The molecule has 0 radical (unpaired) electrons. The number of rotatable bonds is 3. The van der Waals surface area contributed by atoms with Crippen LogP contribution in [0.5, 0.6) is 0 Å². The molecule has 1 aliphatic carbocycles. The van der Waals surface area contributed by atoms with Gasteiger partial charge in [0.25, 0.3) is 4.93 Å². The second kappa shape index (κ2) is 3.72. The lowest BCUT2D eigenvalue weighted by Gasteiger charge is -2.28. The standard InChI is InChI=1S/C7H7FO6S/c8-14-7(15(11,12)13)4-2-1-3-5(7)6(9)10/h1-5H,(H,9,10)(H,11,12,13). The minimum Gasteiger partial charge on any atom is -0.481 e. The molecule has 0 fully saturated rings. The first-order valence-corrected chi connectivity index (χ1v) is 5.15. The highest BCUT2D eigenvalue weighted by molar-refractivity contribution is 7.87. The van der Waals surface area contributed by atoms with Crippen molar-refractivity contribution in [3.8, 4) is 0 Å². The summed E-state index contributed by atoms with van der Waals surface area (Å²) in [7, 11) is -5.05. The van der Waals surface area contributed by atoms with Gasteiger partial charge in [0, 0.05) is 0 Å². The molecule has 8 heteroatoms. The van der Waals surface area contributed by atoms with E-state index in [-0.39, 0.29) is 0 Å². The zero-order chi connectivity index (χ0) is 11.7. The Kier molecular flexibility index (Phi) is 2.93. The fourth-order valence-electron chi connectivity index (χ4n) is 1.22. The van der Waals surface area contributed by atoms with Gasteiger partial charge in [0.2, 0.25) is 0 Å². The Morgan fingerprint density at radius 1 is 1.47 bits per heavy atom. The largest absolute Gasteiger partial charge is 0.481 e. The Morgan fingerprint density at radius 2 is 2.07 bits per heavy atom. The summed E-state index contributed by atoms with van der Waals surface area (Å²) < 4.78 is 42.8. The lowest BCUT2D eigenvalue weighted by Crippen LogP contribution is -2.48. The Balaban J connectivity index is 3.35. The van der Waals surface area contributed by atoms with E-state index in [1.54, 1.807) is 0 Å². The first kappa shape index (κ1) is 11.8. The third-order valence-corrected chi connectivity index (χ3v) is 3.23. The summed E-state index contributed by atoms with van der Waals surface area (Å²) in [4.78, 5) is 10.9. The van der Waals surface area contributed by atoms with E-state index in [1.165, 1.54) is 6.08 Å².